The molecular formula is C46H79O10P. The highest BCUT2D eigenvalue weighted by Gasteiger charge is 2.22. The molecule has 3 atom stereocenters. The maximum atomic E-state index is 12.4. The minimum Gasteiger partial charge on any atom is -0.462 e. The molecule has 0 fully saturated rings. The van der Waals surface area contributed by atoms with Crippen LogP contribution in [0.25, 0.3) is 0 Å². The number of aliphatic hydroxyl groups is 2. The minimum atomic E-state index is -4.81. The number of allylic oxidation sites excluding steroid dienone is 8. The van der Waals surface area contributed by atoms with E-state index in [1.165, 1.54) is 89.9 Å². The van der Waals surface area contributed by atoms with E-state index in [1.807, 2.05) is 42.5 Å². The van der Waals surface area contributed by atoms with Crippen molar-refractivity contribution in [3.63, 3.8) is 0 Å². The van der Waals surface area contributed by atoms with Crippen molar-refractivity contribution >= 4 is 19.8 Å². The van der Waals surface area contributed by atoms with Crippen molar-refractivity contribution < 1.29 is 48.2 Å². The van der Waals surface area contributed by atoms with Crippen LogP contribution in [0.3, 0.4) is 0 Å². The Morgan fingerprint density at radius 3 is 1.65 bits per heavy atom. The summed E-state index contributed by atoms with van der Waals surface area (Å²) in [7, 11) is -4.81. The fourth-order valence-electron chi connectivity index (χ4n) is 5.88. The fourth-order valence-corrected chi connectivity index (χ4v) is 6.24. The smallest absolute Gasteiger partial charge is 0.462 e. The van der Waals surface area contributed by atoms with E-state index < -0.39 is 44.7 Å². The number of esters is 2. The lowest BCUT2D eigenvalue weighted by Gasteiger charge is -2.18. The number of carbonyl (C=O) groups excluding carboxylic acids is 2. The summed E-state index contributed by atoms with van der Waals surface area (Å²) in [6, 6.07) is 0. The Hall–Kier alpha value is -2.59. The molecule has 328 valence electrons. The first-order chi connectivity index (χ1) is 27.6. The summed E-state index contributed by atoms with van der Waals surface area (Å²) in [5.41, 5.74) is 0. The second-order valence-electron chi connectivity index (χ2n) is 14.7. The van der Waals surface area contributed by atoms with E-state index in [2.05, 4.69) is 18.4 Å². The average molecular weight is 823 g/mol. The van der Waals surface area contributed by atoms with Crippen molar-refractivity contribution in [2.24, 2.45) is 0 Å². The summed E-state index contributed by atoms with van der Waals surface area (Å²) in [4.78, 5) is 42.9. The fraction of sp³-hybridized carbons (Fsp3) is 0.696. The van der Waals surface area contributed by atoms with Gasteiger partial charge in [0.15, 0.2) is 6.10 Å². The molecule has 4 N–H and O–H groups in total. The van der Waals surface area contributed by atoms with Crippen LogP contribution in [0.1, 0.15) is 174 Å². The van der Waals surface area contributed by atoms with Gasteiger partial charge in [-0.1, -0.05) is 196 Å². The van der Waals surface area contributed by atoms with Crippen LogP contribution in [-0.4, -0.2) is 63.5 Å². The van der Waals surface area contributed by atoms with Gasteiger partial charge in [-0.2, -0.15) is 0 Å². The zero-order chi connectivity index (χ0) is 42.1. The number of rotatable bonds is 39. The molecule has 0 amide bonds. The topological polar surface area (TPSA) is 160 Å². The van der Waals surface area contributed by atoms with Gasteiger partial charge in [0.2, 0.25) is 0 Å². The van der Waals surface area contributed by atoms with Gasteiger partial charge in [-0.25, -0.2) is 4.57 Å². The first-order valence-electron chi connectivity index (χ1n) is 22.0. The largest absolute Gasteiger partial charge is 0.469 e. The van der Waals surface area contributed by atoms with Crippen LogP contribution in [-0.2, 0) is 28.2 Å². The molecule has 57 heavy (non-hydrogen) atoms. The molecular weight excluding hydrogens is 743 g/mol. The number of aliphatic hydroxyl groups excluding tert-OH is 2. The molecule has 0 bridgehead atoms. The van der Waals surface area contributed by atoms with Crippen molar-refractivity contribution in [2.75, 3.05) is 13.2 Å². The molecule has 0 aliphatic rings. The highest BCUT2D eigenvalue weighted by atomic mass is 31.2. The molecule has 11 heteroatoms. The van der Waals surface area contributed by atoms with E-state index in [4.69, 9.17) is 19.3 Å². The highest BCUT2D eigenvalue weighted by molar-refractivity contribution is 7.46. The first kappa shape index (κ1) is 54.4. The van der Waals surface area contributed by atoms with Crippen LogP contribution in [0.4, 0.5) is 0 Å². The molecule has 10 nitrogen and oxygen atoms in total. The molecule has 0 aromatic carbocycles. The number of phosphoric ester groups is 1. The Labute approximate surface area is 345 Å². The van der Waals surface area contributed by atoms with Crippen LogP contribution >= 0.6 is 7.82 Å². The number of phosphoric acid groups is 1. The molecule has 0 radical (unpaired) electrons. The number of ether oxygens (including phenoxy) is 2. The van der Waals surface area contributed by atoms with Gasteiger partial charge in [0.1, 0.15) is 6.61 Å². The van der Waals surface area contributed by atoms with Crippen molar-refractivity contribution in [3.8, 4) is 0 Å². The van der Waals surface area contributed by atoms with Crippen molar-refractivity contribution in [3.05, 3.63) is 72.9 Å². The molecule has 0 aromatic heterocycles. The molecule has 0 heterocycles. The maximum Gasteiger partial charge on any atom is 0.469 e. The minimum absolute atomic E-state index is 0.0241. The van der Waals surface area contributed by atoms with E-state index in [0.717, 1.165) is 25.7 Å². The van der Waals surface area contributed by atoms with Gasteiger partial charge in [-0.3, -0.25) is 14.1 Å². The standard InChI is InChI=1S/C46H79O10P/c1-3-5-7-8-9-10-11-12-13-14-15-16-17-18-19-23-26-32-38-45(49)54-40-44(41-55-57(51,52)53)56-46(50)39-33-27-31-37-43(48)36-30-25-22-20-21-24-29-35-42(47)34-28-6-4-2/h6,21-22,24-25,28-31,35-37,42-44,47-48H,3-5,7-20,23,26-27,32-34,38-41H2,1-2H3,(H2,51,52,53)/b24-21-,25-22-,28-6-,35-29+,36-30+,37-31-/t42-,43-,44+/m0/s1. The third-order valence-corrected chi connectivity index (χ3v) is 9.65. The molecule has 0 rings (SSSR count). The monoisotopic (exact) mass is 823 g/mol. The van der Waals surface area contributed by atoms with Gasteiger partial charge in [-0.15, -0.1) is 0 Å². The van der Waals surface area contributed by atoms with E-state index in [-0.39, 0.29) is 19.4 Å². The molecule has 0 saturated carbocycles. The summed E-state index contributed by atoms with van der Waals surface area (Å²) in [5.74, 6) is -1.07. The summed E-state index contributed by atoms with van der Waals surface area (Å²) in [5, 5.41) is 19.9. The second-order valence-corrected chi connectivity index (χ2v) is 15.9. The lowest BCUT2D eigenvalue weighted by atomic mass is 10.0. The van der Waals surface area contributed by atoms with E-state index in [0.29, 0.717) is 32.1 Å². The SMILES string of the molecule is CC/C=C\C[C@H](O)/C=C/C=C\C/C=C\C=C\[C@H](O)/C=C\CCCC(=O)O[C@H](COC(=O)CCCCCCCCCCCCCCCCCCCC)COP(=O)(O)O. The average Bonchev–Trinajstić information content (AvgIpc) is 3.17. The normalized spacial score (nSPS) is 14.3. The summed E-state index contributed by atoms with van der Waals surface area (Å²) in [6.07, 6.45) is 45.6. The zero-order valence-corrected chi connectivity index (χ0v) is 36.3. The van der Waals surface area contributed by atoms with E-state index >= 15 is 0 Å². The van der Waals surface area contributed by atoms with Gasteiger partial charge < -0.3 is 29.5 Å². The van der Waals surface area contributed by atoms with Crippen molar-refractivity contribution in [1.82, 2.24) is 0 Å². The maximum absolute atomic E-state index is 12.4. The lowest BCUT2D eigenvalue weighted by Crippen LogP contribution is -2.29. The van der Waals surface area contributed by atoms with Gasteiger partial charge in [0, 0.05) is 12.8 Å². The Bertz CT molecular complexity index is 1190. The van der Waals surface area contributed by atoms with E-state index in [1.54, 1.807) is 30.4 Å². The number of unbranched alkanes of at least 4 members (excludes halogenated alkanes) is 18. The Balaban J connectivity index is 4.14. The van der Waals surface area contributed by atoms with Crippen LogP contribution in [0, 0.1) is 0 Å². The van der Waals surface area contributed by atoms with Gasteiger partial charge >= 0.3 is 19.8 Å². The van der Waals surface area contributed by atoms with Crippen molar-refractivity contribution in [1.29, 1.82) is 0 Å². The highest BCUT2D eigenvalue weighted by Crippen LogP contribution is 2.36. The molecule has 0 spiro atoms. The first-order valence-corrected chi connectivity index (χ1v) is 23.5. The van der Waals surface area contributed by atoms with Gasteiger partial charge in [-0.05, 0) is 38.5 Å². The number of hydrogen-bond donors (Lipinski definition) is 4. The van der Waals surface area contributed by atoms with Gasteiger partial charge in [0.05, 0.1) is 18.8 Å². The van der Waals surface area contributed by atoms with Crippen LogP contribution < -0.4 is 0 Å². The number of hydrogen-bond acceptors (Lipinski definition) is 8. The molecule has 0 aromatic rings. The predicted octanol–water partition coefficient (Wildman–Crippen LogP) is 11.4. The van der Waals surface area contributed by atoms with Gasteiger partial charge in [0.25, 0.3) is 0 Å². The molecule has 0 saturated heterocycles. The molecule has 0 unspecified atom stereocenters. The van der Waals surface area contributed by atoms with Crippen LogP contribution in [0.5, 0.6) is 0 Å². The second kappa shape index (κ2) is 40.2. The Kier molecular flexibility index (Phi) is 38.4. The van der Waals surface area contributed by atoms with E-state index in [9.17, 15) is 24.4 Å². The third kappa shape index (κ3) is 42.8. The van der Waals surface area contributed by atoms with Crippen LogP contribution in [0.2, 0.25) is 0 Å². The van der Waals surface area contributed by atoms with Crippen molar-refractivity contribution in [2.45, 2.75) is 193 Å². The summed E-state index contributed by atoms with van der Waals surface area (Å²) >= 11 is 0. The quantitative estimate of drug-likeness (QED) is 0.0154. The Morgan fingerprint density at radius 2 is 1.11 bits per heavy atom. The third-order valence-electron chi connectivity index (χ3n) is 9.16. The summed E-state index contributed by atoms with van der Waals surface area (Å²) < 4.78 is 26.3. The molecule has 0 aliphatic heterocycles. The Morgan fingerprint density at radius 1 is 0.579 bits per heavy atom. The number of carbonyl (C=O) groups is 2. The predicted molar refractivity (Wildman–Crippen MR) is 232 cm³/mol. The van der Waals surface area contributed by atoms with Crippen LogP contribution in [0.15, 0.2) is 72.9 Å². The lowest BCUT2D eigenvalue weighted by molar-refractivity contribution is -0.161. The summed E-state index contributed by atoms with van der Waals surface area (Å²) in [6.45, 7) is 3.35. The zero-order valence-electron chi connectivity index (χ0n) is 35.4. The molecule has 0 aliphatic carbocycles.